The molecule has 0 fully saturated rings. The summed E-state index contributed by atoms with van der Waals surface area (Å²) in [4.78, 5) is 8.32. The third-order valence-corrected chi connectivity index (χ3v) is 3.29. The van der Waals surface area contributed by atoms with Gasteiger partial charge < -0.3 is 14.8 Å². The summed E-state index contributed by atoms with van der Waals surface area (Å²) in [5.74, 6) is 2.42. The zero-order valence-corrected chi connectivity index (χ0v) is 13.0. The van der Waals surface area contributed by atoms with Crippen molar-refractivity contribution in [3.63, 3.8) is 0 Å². The lowest BCUT2D eigenvalue weighted by Crippen LogP contribution is -2.04. The average molecular weight is 338 g/mol. The van der Waals surface area contributed by atoms with E-state index in [0.29, 0.717) is 27.7 Å². The molecule has 1 aromatic heterocycles. The Kier molecular flexibility index (Phi) is 5.17. The maximum atomic E-state index is 5.79. The molecule has 0 aliphatic rings. The number of halogens is 1. The van der Waals surface area contributed by atoms with Gasteiger partial charge in [-0.25, -0.2) is 9.97 Å². The maximum absolute atomic E-state index is 5.79. The second kappa shape index (κ2) is 7.09. The zero-order valence-electron chi connectivity index (χ0n) is 11.4. The molecule has 1 aromatic carbocycles. The molecule has 0 saturated heterocycles. The number of aromatic nitrogens is 2. The second-order valence-corrected chi connectivity index (χ2v) is 4.81. The molecule has 0 radical (unpaired) electrons. The summed E-state index contributed by atoms with van der Waals surface area (Å²) >= 11 is 3.46. The van der Waals surface area contributed by atoms with Crippen molar-refractivity contribution in [2.24, 2.45) is 0 Å². The van der Waals surface area contributed by atoms with Crippen molar-refractivity contribution < 1.29 is 9.47 Å². The Balaban J connectivity index is 2.25. The van der Waals surface area contributed by atoms with Crippen molar-refractivity contribution in [2.75, 3.05) is 19.0 Å². The number of ether oxygens (including phenoxy) is 2. The molecule has 0 amide bonds. The zero-order chi connectivity index (χ0) is 14.4. The molecule has 106 valence electrons. The van der Waals surface area contributed by atoms with Gasteiger partial charge in [-0.1, -0.05) is 19.1 Å². The van der Waals surface area contributed by atoms with E-state index in [1.807, 2.05) is 24.3 Å². The van der Waals surface area contributed by atoms with E-state index in [-0.39, 0.29) is 0 Å². The Labute approximate surface area is 126 Å². The van der Waals surface area contributed by atoms with Gasteiger partial charge in [0.2, 0.25) is 5.88 Å². The fraction of sp³-hybridized carbons (Fsp3) is 0.286. The highest BCUT2D eigenvalue weighted by Crippen LogP contribution is 2.35. The topological polar surface area (TPSA) is 56.3 Å². The minimum Gasteiger partial charge on any atom is -0.493 e. The molecule has 0 spiro atoms. The first-order valence-corrected chi connectivity index (χ1v) is 7.10. The lowest BCUT2D eigenvalue weighted by molar-refractivity contribution is 0.373. The van der Waals surface area contributed by atoms with Gasteiger partial charge in [0.15, 0.2) is 11.5 Å². The summed E-state index contributed by atoms with van der Waals surface area (Å²) in [6.45, 7) is 2.93. The fourth-order valence-corrected chi connectivity index (χ4v) is 2.02. The van der Waals surface area contributed by atoms with Crippen LogP contribution in [0.4, 0.5) is 5.82 Å². The van der Waals surface area contributed by atoms with Crippen molar-refractivity contribution in [2.45, 2.75) is 13.3 Å². The minimum absolute atomic E-state index is 0.447. The SMILES string of the molecule is CCCNc1ncnc(Oc2ccccc2OC)c1Br. The highest BCUT2D eigenvalue weighted by atomic mass is 79.9. The van der Waals surface area contributed by atoms with Gasteiger partial charge in [-0.2, -0.15) is 0 Å². The van der Waals surface area contributed by atoms with E-state index in [1.165, 1.54) is 6.33 Å². The molecule has 0 saturated carbocycles. The first-order valence-electron chi connectivity index (χ1n) is 6.31. The van der Waals surface area contributed by atoms with Gasteiger partial charge >= 0.3 is 0 Å². The Morgan fingerprint density at radius 3 is 2.65 bits per heavy atom. The Morgan fingerprint density at radius 2 is 1.95 bits per heavy atom. The molecule has 0 aliphatic heterocycles. The van der Waals surface area contributed by atoms with E-state index < -0.39 is 0 Å². The van der Waals surface area contributed by atoms with Gasteiger partial charge in [-0.3, -0.25) is 0 Å². The monoisotopic (exact) mass is 337 g/mol. The van der Waals surface area contributed by atoms with E-state index in [9.17, 15) is 0 Å². The molecular weight excluding hydrogens is 322 g/mol. The molecule has 2 rings (SSSR count). The number of rotatable bonds is 6. The highest BCUT2D eigenvalue weighted by molar-refractivity contribution is 9.10. The molecule has 6 heteroatoms. The predicted molar refractivity (Wildman–Crippen MR) is 81.6 cm³/mol. The first-order chi connectivity index (χ1) is 9.76. The summed E-state index contributed by atoms with van der Waals surface area (Å²) in [6, 6.07) is 7.42. The quantitative estimate of drug-likeness (QED) is 0.867. The molecule has 20 heavy (non-hydrogen) atoms. The van der Waals surface area contributed by atoms with Crippen molar-refractivity contribution in [3.05, 3.63) is 35.1 Å². The number of nitrogens with one attached hydrogen (secondary N) is 1. The molecule has 5 nitrogen and oxygen atoms in total. The highest BCUT2D eigenvalue weighted by Gasteiger charge is 2.12. The van der Waals surface area contributed by atoms with Crippen LogP contribution in [-0.2, 0) is 0 Å². The number of hydrogen-bond donors (Lipinski definition) is 1. The van der Waals surface area contributed by atoms with Crippen molar-refractivity contribution in [3.8, 4) is 17.4 Å². The van der Waals surface area contributed by atoms with Gasteiger partial charge in [0.1, 0.15) is 16.6 Å². The van der Waals surface area contributed by atoms with Gasteiger partial charge in [0.05, 0.1) is 7.11 Å². The molecule has 1 heterocycles. The van der Waals surface area contributed by atoms with Crippen molar-refractivity contribution in [1.29, 1.82) is 0 Å². The van der Waals surface area contributed by atoms with Crippen LogP contribution in [0.25, 0.3) is 0 Å². The molecule has 0 aliphatic carbocycles. The number of nitrogens with zero attached hydrogens (tertiary/aromatic N) is 2. The van der Waals surface area contributed by atoms with E-state index in [1.54, 1.807) is 7.11 Å². The summed E-state index contributed by atoms with van der Waals surface area (Å²) < 4.78 is 11.7. The van der Waals surface area contributed by atoms with Crippen LogP contribution < -0.4 is 14.8 Å². The summed E-state index contributed by atoms with van der Waals surface area (Å²) in [6.07, 6.45) is 2.48. The minimum atomic E-state index is 0.447. The normalized spacial score (nSPS) is 10.2. The van der Waals surface area contributed by atoms with Crippen LogP contribution in [-0.4, -0.2) is 23.6 Å². The number of benzene rings is 1. The van der Waals surface area contributed by atoms with Gasteiger partial charge in [0.25, 0.3) is 0 Å². The molecule has 2 aromatic rings. The van der Waals surface area contributed by atoms with E-state index >= 15 is 0 Å². The predicted octanol–water partition coefficient (Wildman–Crippen LogP) is 3.86. The van der Waals surface area contributed by atoms with Crippen LogP contribution in [0.5, 0.6) is 17.4 Å². The van der Waals surface area contributed by atoms with Crippen LogP contribution in [0.15, 0.2) is 35.1 Å². The summed E-state index contributed by atoms with van der Waals surface area (Å²) in [7, 11) is 1.60. The maximum Gasteiger partial charge on any atom is 0.239 e. The number of para-hydroxylation sites is 2. The molecule has 0 unspecified atom stereocenters. The molecule has 0 atom stereocenters. The molecule has 1 N–H and O–H groups in total. The standard InChI is InChI=1S/C14H16BrN3O2/c1-3-8-16-13-12(15)14(18-9-17-13)20-11-7-5-4-6-10(11)19-2/h4-7,9H,3,8H2,1-2H3,(H,16,17,18). The van der Waals surface area contributed by atoms with Crippen LogP contribution in [0, 0.1) is 0 Å². The third kappa shape index (κ3) is 3.39. The van der Waals surface area contributed by atoms with Gasteiger partial charge in [-0.15, -0.1) is 0 Å². The average Bonchev–Trinajstić information content (AvgIpc) is 2.48. The third-order valence-electron chi connectivity index (χ3n) is 2.58. The molecular formula is C14H16BrN3O2. The van der Waals surface area contributed by atoms with E-state index in [4.69, 9.17) is 9.47 Å². The van der Waals surface area contributed by atoms with Crippen LogP contribution >= 0.6 is 15.9 Å². The lowest BCUT2D eigenvalue weighted by Gasteiger charge is -2.12. The van der Waals surface area contributed by atoms with Crippen LogP contribution in [0.1, 0.15) is 13.3 Å². The van der Waals surface area contributed by atoms with Crippen LogP contribution in [0.3, 0.4) is 0 Å². The van der Waals surface area contributed by atoms with E-state index in [0.717, 1.165) is 13.0 Å². The number of anilines is 1. The smallest absolute Gasteiger partial charge is 0.239 e. The first kappa shape index (κ1) is 14.6. The second-order valence-electron chi connectivity index (χ2n) is 4.02. The number of hydrogen-bond acceptors (Lipinski definition) is 5. The number of methoxy groups -OCH3 is 1. The molecule has 0 bridgehead atoms. The lowest BCUT2D eigenvalue weighted by atomic mass is 10.3. The fourth-order valence-electron chi connectivity index (χ4n) is 1.60. The largest absolute Gasteiger partial charge is 0.493 e. The van der Waals surface area contributed by atoms with Crippen LogP contribution in [0.2, 0.25) is 0 Å². The Hall–Kier alpha value is -1.82. The Bertz CT molecular complexity index is 578. The van der Waals surface area contributed by atoms with Crippen molar-refractivity contribution in [1.82, 2.24) is 9.97 Å². The Morgan fingerprint density at radius 1 is 1.20 bits per heavy atom. The summed E-state index contributed by atoms with van der Waals surface area (Å²) in [5.41, 5.74) is 0. The summed E-state index contributed by atoms with van der Waals surface area (Å²) in [5, 5.41) is 3.21. The van der Waals surface area contributed by atoms with Gasteiger partial charge in [-0.05, 0) is 34.5 Å². The van der Waals surface area contributed by atoms with Crippen molar-refractivity contribution >= 4 is 21.7 Å². The van der Waals surface area contributed by atoms with E-state index in [2.05, 4.69) is 38.1 Å². The van der Waals surface area contributed by atoms with Gasteiger partial charge in [0, 0.05) is 6.54 Å².